The van der Waals surface area contributed by atoms with Crippen LogP contribution >= 0.6 is 22.9 Å². The molecule has 0 spiro atoms. The number of aliphatic hydroxyl groups is 1. The average molecular weight is 412 g/mol. The van der Waals surface area contributed by atoms with E-state index in [0.29, 0.717) is 6.54 Å². The second kappa shape index (κ2) is 7.01. The van der Waals surface area contributed by atoms with Crippen LogP contribution in [-0.4, -0.2) is 34.4 Å². The van der Waals surface area contributed by atoms with Crippen molar-refractivity contribution in [1.29, 1.82) is 0 Å². The van der Waals surface area contributed by atoms with Crippen LogP contribution in [-0.2, 0) is 11.3 Å². The normalized spacial score (nSPS) is 26.6. The Morgan fingerprint density at radius 2 is 2.22 bits per heavy atom. The summed E-state index contributed by atoms with van der Waals surface area (Å²) in [7, 11) is 0. The van der Waals surface area contributed by atoms with Crippen LogP contribution in [0.3, 0.4) is 0 Å². The first-order valence-electron chi connectivity index (χ1n) is 8.59. The van der Waals surface area contributed by atoms with E-state index < -0.39 is 12.0 Å². The van der Waals surface area contributed by atoms with Crippen molar-refractivity contribution in [1.82, 2.24) is 15.6 Å². The van der Waals surface area contributed by atoms with Crippen LogP contribution in [0, 0.1) is 11.2 Å². The molecule has 3 aliphatic rings. The molecule has 9 heteroatoms. The summed E-state index contributed by atoms with van der Waals surface area (Å²) in [5.74, 6) is -0.595. The van der Waals surface area contributed by atoms with Gasteiger partial charge in [0.05, 0.1) is 5.02 Å². The van der Waals surface area contributed by atoms with Gasteiger partial charge in [0.25, 0.3) is 5.91 Å². The number of carbonyl (C=O) groups is 1. The Hall–Kier alpha value is -1.74. The van der Waals surface area contributed by atoms with E-state index >= 15 is 0 Å². The van der Waals surface area contributed by atoms with Crippen LogP contribution in [0.25, 0.3) is 0 Å². The number of amides is 1. The summed E-state index contributed by atoms with van der Waals surface area (Å²) in [5.41, 5.74) is -0.430. The van der Waals surface area contributed by atoms with E-state index in [1.165, 1.54) is 12.1 Å². The number of hydrogen-bond donors (Lipinski definition) is 3. The minimum atomic E-state index is -0.617. The summed E-state index contributed by atoms with van der Waals surface area (Å²) in [6.45, 7) is 0.339. The molecule has 2 aromatic rings. The van der Waals surface area contributed by atoms with Crippen molar-refractivity contribution in [2.24, 2.45) is 5.41 Å². The predicted molar refractivity (Wildman–Crippen MR) is 99.0 cm³/mol. The average Bonchev–Trinajstić information content (AvgIpc) is 3.09. The molecule has 1 aromatic heterocycles. The van der Waals surface area contributed by atoms with Crippen LogP contribution < -0.4 is 15.4 Å². The zero-order chi connectivity index (χ0) is 19.1. The van der Waals surface area contributed by atoms with Crippen molar-refractivity contribution in [3.8, 4) is 5.75 Å². The third-order valence-corrected chi connectivity index (χ3v) is 6.33. The first-order valence-corrected chi connectivity index (χ1v) is 9.84. The van der Waals surface area contributed by atoms with Crippen LogP contribution in [0.15, 0.2) is 29.8 Å². The van der Waals surface area contributed by atoms with Crippen molar-refractivity contribution in [3.05, 3.63) is 45.6 Å². The maximum atomic E-state index is 13.4. The molecule has 0 aliphatic heterocycles. The molecule has 0 saturated heterocycles. The van der Waals surface area contributed by atoms with Gasteiger partial charge in [-0.05, 0) is 31.4 Å². The third kappa shape index (κ3) is 3.67. The fourth-order valence-electron chi connectivity index (χ4n) is 4.08. The Morgan fingerprint density at radius 1 is 1.44 bits per heavy atom. The molecule has 1 amide bonds. The highest BCUT2D eigenvalue weighted by atomic mass is 35.5. The molecule has 1 aromatic carbocycles. The summed E-state index contributed by atoms with van der Waals surface area (Å²) in [6.07, 6.45) is 3.31. The molecule has 3 aliphatic carbocycles. The summed E-state index contributed by atoms with van der Waals surface area (Å²) in [5, 5.41) is 19.3. The highest BCUT2D eigenvalue weighted by molar-refractivity contribution is 7.09. The number of halogens is 2. The minimum absolute atomic E-state index is 0.00740. The predicted octanol–water partition coefficient (Wildman–Crippen LogP) is 2.46. The number of nitrogens with zero attached hydrogens (tertiary/aromatic N) is 1. The van der Waals surface area contributed by atoms with Gasteiger partial charge in [0.1, 0.15) is 22.8 Å². The molecule has 3 N–H and O–H groups in total. The van der Waals surface area contributed by atoms with Gasteiger partial charge in [-0.25, -0.2) is 9.37 Å². The second-order valence-corrected chi connectivity index (χ2v) is 8.68. The number of ether oxygens (including phenoxy) is 1. The summed E-state index contributed by atoms with van der Waals surface area (Å²) >= 11 is 7.15. The van der Waals surface area contributed by atoms with Gasteiger partial charge in [0.2, 0.25) is 0 Å². The highest BCUT2D eigenvalue weighted by Gasteiger charge is 2.71. The molecular weight excluding hydrogens is 393 g/mol. The minimum Gasteiger partial charge on any atom is -0.484 e. The molecule has 1 unspecified atom stereocenters. The first kappa shape index (κ1) is 18.6. The van der Waals surface area contributed by atoms with E-state index in [9.17, 15) is 14.3 Å². The number of hydrogen-bond acceptors (Lipinski definition) is 6. The standard InChI is InChI=1S/C18H19ClFN3O3S/c19-12-2-1-11(5-13(12)20)26-7-14(24)23-18-8-17(9-18,10-18)16(25)22-6-15-21-3-4-27-15/h1-5,16,22,25H,6-10H2,(H,23,24). The molecule has 3 saturated carbocycles. The number of aromatic nitrogens is 1. The summed E-state index contributed by atoms with van der Waals surface area (Å²) in [6, 6.07) is 4.05. The van der Waals surface area contributed by atoms with Crippen LogP contribution in [0.2, 0.25) is 5.02 Å². The molecule has 5 rings (SSSR count). The Bertz CT molecular complexity index is 829. The van der Waals surface area contributed by atoms with E-state index in [1.807, 2.05) is 5.38 Å². The van der Waals surface area contributed by atoms with Crippen LogP contribution in [0.1, 0.15) is 24.3 Å². The fraction of sp³-hybridized carbons (Fsp3) is 0.444. The molecule has 27 heavy (non-hydrogen) atoms. The van der Waals surface area contributed by atoms with Crippen LogP contribution in [0.5, 0.6) is 5.75 Å². The Balaban J connectivity index is 1.20. The van der Waals surface area contributed by atoms with Gasteiger partial charge in [-0.15, -0.1) is 11.3 Å². The lowest BCUT2D eigenvalue weighted by molar-refractivity contribution is -0.223. The zero-order valence-electron chi connectivity index (χ0n) is 14.4. The Kier molecular flexibility index (Phi) is 4.84. The number of carbonyl (C=O) groups excluding carboxylic acids is 1. The van der Waals surface area contributed by atoms with Gasteiger partial charge in [0, 0.05) is 35.1 Å². The van der Waals surface area contributed by atoms with Crippen LogP contribution in [0.4, 0.5) is 4.39 Å². The lowest BCUT2D eigenvalue weighted by Gasteiger charge is -2.71. The maximum absolute atomic E-state index is 13.4. The number of rotatable bonds is 8. The second-order valence-electron chi connectivity index (χ2n) is 7.30. The van der Waals surface area contributed by atoms with Gasteiger partial charge in [-0.3, -0.25) is 10.1 Å². The van der Waals surface area contributed by atoms with Crippen molar-refractivity contribution in [2.75, 3.05) is 6.61 Å². The Morgan fingerprint density at radius 3 is 2.89 bits per heavy atom. The topological polar surface area (TPSA) is 83.5 Å². The van der Waals surface area contributed by atoms with E-state index in [2.05, 4.69) is 15.6 Å². The molecular formula is C18H19ClFN3O3S. The Labute approximate surface area is 164 Å². The molecule has 0 radical (unpaired) electrons. The molecule has 3 fully saturated rings. The van der Waals surface area contributed by atoms with Crippen molar-refractivity contribution in [2.45, 2.75) is 37.6 Å². The maximum Gasteiger partial charge on any atom is 0.258 e. The van der Waals surface area contributed by atoms with E-state index in [0.717, 1.165) is 30.3 Å². The number of nitrogens with one attached hydrogen (secondary N) is 2. The first-order chi connectivity index (χ1) is 12.9. The van der Waals surface area contributed by atoms with Gasteiger partial charge < -0.3 is 15.2 Å². The quantitative estimate of drug-likeness (QED) is 0.581. The summed E-state index contributed by atoms with van der Waals surface area (Å²) in [4.78, 5) is 16.3. The summed E-state index contributed by atoms with van der Waals surface area (Å²) < 4.78 is 18.7. The van der Waals surface area contributed by atoms with Gasteiger partial charge >= 0.3 is 0 Å². The smallest absolute Gasteiger partial charge is 0.258 e. The number of benzene rings is 1. The van der Waals surface area contributed by atoms with Crippen molar-refractivity contribution < 1.29 is 19.0 Å². The van der Waals surface area contributed by atoms with Crippen molar-refractivity contribution >= 4 is 28.8 Å². The van der Waals surface area contributed by atoms with E-state index in [1.54, 1.807) is 17.5 Å². The monoisotopic (exact) mass is 411 g/mol. The largest absolute Gasteiger partial charge is 0.484 e. The fourth-order valence-corrected chi connectivity index (χ4v) is 4.76. The molecule has 6 nitrogen and oxygen atoms in total. The zero-order valence-corrected chi connectivity index (χ0v) is 15.9. The molecule has 144 valence electrons. The van der Waals surface area contributed by atoms with Crippen molar-refractivity contribution in [3.63, 3.8) is 0 Å². The number of aliphatic hydroxyl groups excluding tert-OH is 1. The molecule has 1 heterocycles. The van der Waals surface area contributed by atoms with Gasteiger partial charge in [-0.2, -0.15) is 0 Å². The lowest BCUT2D eigenvalue weighted by atomic mass is 9.38. The van der Waals surface area contributed by atoms with Gasteiger partial charge in [-0.1, -0.05) is 11.6 Å². The SMILES string of the molecule is O=C(COc1ccc(Cl)c(F)c1)NC12CC(C(O)NCc3nccs3)(C1)C2. The van der Waals surface area contributed by atoms with E-state index in [4.69, 9.17) is 16.3 Å². The molecule has 1 atom stereocenters. The van der Waals surface area contributed by atoms with Gasteiger partial charge in [0.15, 0.2) is 6.61 Å². The highest BCUT2D eigenvalue weighted by Crippen LogP contribution is 2.68. The van der Waals surface area contributed by atoms with E-state index in [-0.39, 0.29) is 34.2 Å². The number of thiazole rings is 1. The third-order valence-electron chi connectivity index (χ3n) is 5.25. The lowest BCUT2D eigenvalue weighted by Crippen LogP contribution is -2.79. The molecule has 2 bridgehead atoms.